The Labute approximate surface area is 120 Å². The maximum Gasteiger partial charge on any atom is 0.331 e. The molecule has 1 atom stereocenters. The van der Waals surface area contributed by atoms with Crippen molar-refractivity contribution in [2.24, 2.45) is 0 Å². The third-order valence-electron chi connectivity index (χ3n) is 2.47. The highest BCUT2D eigenvalue weighted by atomic mass is 32.1. The van der Waals surface area contributed by atoms with Crippen LogP contribution < -0.4 is 10.1 Å². The molecule has 106 valence electrons. The second kappa shape index (κ2) is 6.33. The van der Waals surface area contributed by atoms with Crippen molar-refractivity contribution in [2.45, 2.75) is 19.9 Å². The number of carbonyl (C=O) groups is 1. The van der Waals surface area contributed by atoms with Crippen molar-refractivity contribution in [1.29, 1.82) is 0 Å². The predicted molar refractivity (Wildman–Crippen MR) is 76.3 cm³/mol. The third kappa shape index (κ3) is 3.45. The molecule has 0 aliphatic heterocycles. The van der Waals surface area contributed by atoms with Gasteiger partial charge in [0.15, 0.2) is 6.04 Å². The number of ether oxygens (including phenoxy) is 1. The van der Waals surface area contributed by atoms with Crippen LogP contribution in [-0.2, 0) is 4.79 Å². The third-order valence-corrected chi connectivity index (χ3v) is 3.41. The van der Waals surface area contributed by atoms with Crippen LogP contribution in [0.2, 0.25) is 0 Å². The van der Waals surface area contributed by atoms with Crippen LogP contribution >= 0.6 is 11.3 Å². The van der Waals surface area contributed by atoms with E-state index in [0.717, 1.165) is 0 Å². The number of thiophene rings is 1. The summed E-state index contributed by atoms with van der Waals surface area (Å²) in [5.41, 5.74) is 0.710. The van der Waals surface area contributed by atoms with Crippen LogP contribution in [0.5, 0.6) is 5.88 Å². The molecule has 2 aromatic heterocycles. The van der Waals surface area contributed by atoms with Gasteiger partial charge in [-0.2, -0.15) is 4.98 Å². The molecule has 2 heterocycles. The summed E-state index contributed by atoms with van der Waals surface area (Å²) >= 11 is 1.37. The Bertz CT molecular complexity index is 587. The van der Waals surface area contributed by atoms with Crippen LogP contribution in [-0.4, -0.2) is 27.7 Å². The predicted octanol–water partition coefficient (Wildman–Crippen LogP) is 2.48. The van der Waals surface area contributed by atoms with Gasteiger partial charge in [-0.05, 0) is 25.3 Å². The maximum atomic E-state index is 11.4. The Morgan fingerprint density at radius 2 is 2.35 bits per heavy atom. The molecule has 0 saturated heterocycles. The summed E-state index contributed by atoms with van der Waals surface area (Å²) in [5, 5.41) is 14.0. The highest BCUT2D eigenvalue weighted by Crippen LogP contribution is 2.23. The molecule has 0 spiro atoms. The number of nitrogens with zero attached hydrogens (tertiary/aromatic N) is 2. The van der Waals surface area contributed by atoms with Crippen molar-refractivity contribution in [3.05, 3.63) is 34.2 Å². The largest absolute Gasteiger partial charge is 0.479 e. The standard InChI is InChI=1S/C13H15N3O3S/c1-3-19-10-7-8(2)14-13(15-10)16-11(12(17)18)9-5-4-6-20-9/h4-7,11H,3H2,1-2H3,(H,17,18)(H,14,15,16). The summed E-state index contributed by atoms with van der Waals surface area (Å²) < 4.78 is 5.32. The number of nitrogens with one attached hydrogen (secondary N) is 1. The molecule has 2 N–H and O–H groups in total. The van der Waals surface area contributed by atoms with Crippen LogP contribution in [0.4, 0.5) is 5.95 Å². The van der Waals surface area contributed by atoms with E-state index in [1.54, 1.807) is 25.1 Å². The van der Waals surface area contributed by atoms with Crippen LogP contribution in [0.1, 0.15) is 23.5 Å². The normalized spacial score (nSPS) is 11.9. The first kappa shape index (κ1) is 14.3. The van der Waals surface area contributed by atoms with Gasteiger partial charge in [-0.15, -0.1) is 11.3 Å². The first-order valence-corrected chi connectivity index (χ1v) is 6.99. The first-order valence-electron chi connectivity index (χ1n) is 6.11. The monoisotopic (exact) mass is 293 g/mol. The van der Waals surface area contributed by atoms with E-state index in [-0.39, 0.29) is 5.95 Å². The molecule has 2 aromatic rings. The van der Waals surface area contributed by atoms with Crippen molar-refractivity contribution in [2.75, 3.05) is 11.9 Å². The number of hydrogen-bond acceptors (Lipinski definition) is 6. The number of carboxylic acids is 1. The SMILES string of the molecule is CCOc1cc(C)nc(NC(C(=O)O)c2cccs2)n1. The van der Waals surface area contributed by atoms with Crippen LogP contribution in [0.15, 0.2) is 23.6 Å². The summed E-state index contributed by atoms with van der Waals surface area (Å²) in [6.07, 6.45) is 0. The lowest BCUT2D eigenvalue weighted by atomic mass is 10.2. The van der Waals surface area contributed by atoms with E-state index in [1.807, 2.05) is 12.3 Å². The van der Waals surface area contributed by atoms with Crippen LogP contribution in [0.25, 0.3) is 0 Å². The maximum absolute atomic E-state index is 11.4. The van der Waals surface area contributed by atoms with Crippen LogP contribution in [0, 0.1) is 6.92 Å². The number of aryl methyl sites for hydroxylation is 1. The fourth-order valence-corrected chi connectivity index (χ4v) is 2.43. The Balaban J connectivity index is 2.25. The Morgan fingerprint density at radius 1 is 1.55 bits per heavy atom. The number of aromatic nitrogens is 2. The van der Waals surface area contributed by atoms with E-state index in [1.165, 1.54) is 11.3 Å². The number of hydrogen-bond donors (Lipinski definition) is 2. The Morgan fingerprint density at radius 3 is 2.95 bits per heavy atom. The summed E-state index contributed by atoms with van der Waals surface area (Å²) in [6, 6.07) is 4.40. The van der Waals surface area contributed by atoms with E-state index >= 15 is 0 Å². The second-order valence-corrected chi connectivity index (χ2v) is 5.01. The Kier molecular flexibility index (Phi) is 4.52. The van der Waals surface area contributed by atoms with E-state index in [0.29, 0.717) is 23.1 Å². The minimum atomic E-state index is -0.976. The average Bonchev–Trinajstić information content (AvgIpc) is 2.89. The van der Waals surface area contributed by atoms with Gasteiger partial charge in [0.25, 0.3) is 0 Å². The van der Waals surface area contributed by atoms with E-state index in [9.17, 15) is 9.90 Å². The van der Waals surface area contributed by atoms with Crippen molar-refractivity contribution in [3.8, 4) is 5.88 Å². The minimum Gasteiger partial charge on any atom is -0.479 e. The molecule has 0 saturated carbocycles. The van der Waals surface area contributed by atoms with Gasteiger partial charge in [-0.25, -0.2) is 9.78 Å². The van der Waals surface area contributed by atoms with Gasteiger partial charge in [0, 0.05) is 16.6 Å². The summed E-state index contributed by atoms with van der Waals surface area (Å²) in [4.78, 5) is 20.4. The second-order valence-electron chi connectivity index (χ2n) is 4.04. The molecule has 20 heavy (non-hydrogen) atoms. The number of aliphatic carboxylic acids is 1. The fraction of sp³-hybridized carbons (Fsp3) is 0.308. The van der Waals surface area contributed by atoms with Gasteiger partial charge in [-0.1, -0.05) is 6.07 Å². The summed E-state index contributed by atoms with van der Waals surface area (Å²) in [6.45, 7) is 4.15. The fourth-order valence-electron chi connectivity index (χ4n) is 1.67. The first-order chi connectivity index (χ1) is 9.60. The molecule has 0 aromatic carbocycles. The zero-order chi connectivity index (χ0) is 14.5. The van der Waals surface area contributed by atoms with Crippen LogP contribution in [0.3, 0.4) is 0 Å². The quantitative estimate of drug-likeness (QED) is 0.851. The molecule has 6 nitrogen and oxygen atoms in total. The molecule has 0 amide bonds. The molecule has 1 unspecified atom stereocenters. The smallest absolute Gasteiger partial charge is 0.331 e. The molecule has 7 heteroatoms. The van der Waals surface area contributed by atoms with Gasteiger partial charge < -0.3 is 15.2 Å². The topological polar surface area (TPSA) is 84.3 Å². The molecule has 0 fully saturated rings. The number of anilines is 1. The van der Waals surface area contributed by atoms with Gasteiger partial charge in [0.2, 0.25) is 11.8 Å². The molecule has 2 rings (SSSR count). The van der Waals surface area contributed by atoms with Crippen molar-refractivity contribution in [3.63, 3.8) is 0 Å². The lowest BCUT2D eigenvalue weighted by Crippen LogP contribution is -2.21. The lowest BCUT2D eigenvalue weighted by molar-refractivity contribution is -0.138. The molecule has 0 aliphatic carbocycles. The molecule has 0 bridgehead atoms. The van der Waals surface area contributed by atoms with Crippen molar-refractivity contribution in [1.82, 2.24) is 9.97 Å². The summed E-state index contributed by atoms with van der Waals surface area (Å²) in [5.74, 6) is -0.303. The van der Waals surface area contributed by atoms with E-state index in [2.05, 4.69) is 15.3 Å². The minimum absolute atomic E-state index is 0.245. The summed E-state index contributed by atoms with van der Waals surface area (Å²) in [7, 11) is 0. The average molecular weight is 293 g/mol. The highest BCUT2D eigenvalue weighted by Gasteiger charge is 2.22. The number of carboxylic acid groups (broad SMARTS) is 1. The molecular weight excluding hydrogens is 278 g/mol. The zero-order valence-corrected chi connectivity index (χ0v) is 12.0. The number of rotatable bonds is 6. The van der Waals surface area contributed by atoms with E-state index < -0.39 is 12.0 Å². The van der Waals surface area contributed by atoms with Gasteiger partial charge >= 0.3 is 5.97 Å². The van der Waals surface area contributed by atoms with Crippen molar-refractivity contribution < 1.29 is 14.6 Å². The zero-order valence-electron chi connectivity index (χ0n) is 11.2. The van der Waals surface area contributed by atoms with Gasteiger partial charge in [-0.3, -0.25) is 0 Å². The lowest BCUT2D eigenvalue weighted by Gasteiger charge is -2.14. The van der Waals surface area contributed by atoms with Gasteiger partial charge in [0.05, 0.1) is 6.61 Å². The highest BCUT2D eigenvalue weighted by molar-refractivity contribution is 7.10. The molecule has 0 aliphatic rings. The van der Waals surface area contributed by atoms with E-state index in [4.69, 9.17) is 4.74 Å². The molecular formula is C13H15N3O3S. The van der Waals surface area contributed by atoms with Crippen molar-refractivity contribution >= 4 is 23.3 Å². The van der Waals surface area contributed by atoms with Gasteiger partial charge in [0.1, 0.15) is 0 Å². The molecule has 0 radical (unpaired) electrons. The Hall–Kier alpha value is -2.15.